The summed E-state index contributed by atoms with van der Waals surface area (Å²) in [6, 6.07) is 7.90. The number of fused-ring (bicyclic) bond motifs is 1. The van der Waals surface area contributed by atoms with Crippen molar-refractivity contribution in [2.75, 3.05) is 6.61 Å². The van der Waals surface area contributed by atoms with E-state index in [2.05, 4.69) is 0 Å². The van der Waals surface area contributed by atoms with Gasteiger partial charge in [-0.25, -0.2) is 0 Å². The molecule has 78 valence electrons. The third kappa shape index (κ3) is 1.95. The number of aliphatic hydroxyl groups is 1. The zero-order valence-electron chi connectivity index (χ0n) is 8.73. The second-order valence-electron chi connectivity index (χ2n) is 3.50. The summed E-state index contributed by atoms with van der Waals surface area (Å²) in [5.41, 5.74) is 2.94. The van der Waals surface area contributed by atoms with Gasteiger partial charge in [-0.1, -0.05) is 25.1 Å². The molecule has 0 radical (unpaired) electrons. The molecule has 15 heavy (non-hydrogen) atoms. The third-order valence-electron chi connectivity index (χ3n) is 2.53. The van der Waals surface area contributed by atoms with E-state index in [1.807, 2.05) is 37.3 Å². The number of aliphatic hydroxyl groups excluding tert-OH is 1. The zero-order chi connectivity index (χ0) is 10.7. The summed E-state index contributed by atoms with van der Waals surface area (Å²) in [4.78, 5) is 0. The Morgan fingerprint density at radius 3 is 2.93 bits per heavy atom. The molecule has 2 rings (SSSR count). The summed E-state index contributed by atoms with van der Waals surface area (Å²) in [6.07, 6.45) is 4.58. The van der Waals surface area contributed by atoms with Crippen molar-refractivity contribution in [2.45, 2.75) is 13.3 Å². The Morgan fingerprint density at radius 1 is 1.40 bits per heavy atom. The minimum absolute atomic E-state index is 0.107. The fraction of sp³-hybridized carbons (Fsp3) is 0.231. The van der Waals surface area contributed by atoms with Crippen LogP contribution in [0.3, 0.4) is 0 Å². The van der Waals surface area contributed by atoms with Gasteiger partial charge in [0.15, 0.2) is 0 Å². The molecule has 0 aliphatic carbocycles. The van der Waals surface area contributed by atoms with Crippen molar-refractivity contribution in [3.63, 3.8) is 0 Å². The molecular weight excluding hydrogens is 188 g/mol. The van der Waals surface area contributed by atoms with Gasteiger partial charge in [0.05, 0.1) is 12.9 Å². The Labute approximate surface area is 88.8 Å². The largest absolute Gasteiger partial charge is 0.464 e. The predicted octanol–water partition coefficient (Wildman–Crippen LogP) is 3.22. The molecule has 2 aromatic rings. The molecule has 2 nitrogen and oxygen atoms in total. The smallest absolute Gasteiger partial charge is 0.134 e. The molecule has 1 aromatic heterocycles. The van der Waals surface area contributed by atoms with Crippen LogP contribution in [0.2, 0.25) is 0 Å². The first-order valence-corrected chi connectivity index (χ1v) is 5.11. The first-order valence-electron chi connectivity index (χ1n) is 5.11. The van der Waals surface area contributed by atoms with E-state index in [1.54, 1.807) is 6.26 Å². The van der Waals surface area contributed by atoms with Crippen molar-refractivity contribution in [2.24, 2.45) is 0 Å². The van der Waals surface area contributed by atoms with Gasteiger partial charge in [-0.05, 0) is 24.1 Å². The minimum atomic E-state index is 0.107. The molecular formula is C13H14O2. The maximum atomic E-state index is 9.10. The van der Waals surface area contributed by atoms with Crippen molar-refractivity contribution in [1.29, 1.82) is 0 Å². The number of benzene rings is 1. The number of rotatable bonds is 3. The Bertz CT molecular complexity index is 474. The Hall–Kier alpha value is -1.54. The van der Waals surface area contributed by atoms with Gasteiger partial charge in [0, 0.05) is 10.9 Å². The molecule has 0 aliphatic heterocycles. The fourth-order valence-corrected chi connectivity index (χ4v) is 1.59. The molecule has 0 atom stereocenters. The molecule has 0 aliphatic rings. The highest BCUT2D eigenvalue weighted by Crippen LogP contribution is 2.23. The number of para-hydroxylation sites is 1. The topological polar surface area (TPSA) is 33.4 Å². The molecule has 1 N–H and O–H groups in total. The normalized spacial score (nSPS) is 12.3. The van der Waals surface area contributed by atoms with Crippen LogP contribution in [-0.4, -0.2) is 11.7 Å². The van der Waals surface area contributed by atoms with E-state index < -0.39 is 0 Å². The number of hydrogen-bond donors (Lipinski definition) is 1. The Balaban J connectivity index is 2.48. The highest BCUT2D eigenvalue weighted by molar-refractivity contribution is 5.87. The number of furan rings is 1. The van der Waals surface area contributed by atoms with Crippen LogP contribution in [0.5, 0.6) is 0 Å². The van der Waals surface area contributed by atoms with E-state index in [-0.39, 0.29) is 6.61 Å². The van der Waals surface area contributed by atoms with Crippen LogP contribution in [0.4, 0.5) is 0 Å². The van der Waals surface area contributed by atoms with Gasteiger partial charge in [-0.15, -0.1) is 0 Å². The SMILES string of the molecule is CC/C(=C/c1coc2ccccc12)CO. The summed E-state index contributed by atoms with van der Waals surface area (Å²) < 4.78 is 5.41. The van der Waals surface area contributed by atoms with Gasteiger partial charge in [-0.3, -0.25) is 0 Å². The quantitative estimate of drug-likeness (QED) is 0.829. The molecule has 0 spiro atoms. The monoisotopic (exact) mass is 202 g/mol. The van der Waals surface area contributed by atoms with E-state index in [1.165, 1.54) is 0 Å². The Kier molecular flexibility index (Phi) is 2.88. The van der Waals surface area contributed by atoms with Crippen LogP contribution in [0, 0.1) is 0 Å². The average molecular weight is 202 g/mol. The van der Waals surface area contributed by atoms with Gasteiger partial charge >= 0.3 is 0 Å². The molecule has 1 heterocycles. The van der Waals surface area contributed by atoms with Crippen molar-refractivity contribution in [3.05, 3.63) is 41.7 Å². The summed E-state index contributed by atoms with van der Waals surface area (Å²) in [7, 11) is 0. The Morgan fingerprint density at radius 2 is 2.20 bits per heavy atom. The molecule has 0 saturated carbocycles. The van der Waals surface area contributed by atoms with Gasteiger partial charge in [0.1, 0.15) is 5.58 Å². The first kappa shape index (κ1) is 9.99. The van der Waals surface area contributed by atoms with Gasteiger partial charge in [-0.2, -0.15) is 0 Å². The molecule has 0 unspecified atom stereocenters. The highest BCUT2D eigenvalue weighted by Gasteiger charge is 2.02. The second-order valence-corrected chi connectivity index (χ2v) is 3.50. The van der Waals surface area contributed by atoms with E-state index in [9.17, 15) is 0 Å². The zero-order valence-corrected chi connectivity index (χ0v) is 8.73. The van der Waals surface area contributed by atoms with Crippen molar-refractivity contribution >= 4 is 17.0 Å². The molecule has 0 fully saturated rings. The summed E-state index contributed by atoms with van der Waals surface area (Å²) >= 11 is 0. The summed E-state index contributed by atoms with van der Waals surface area (Å²) in [6.45, 7) is 2.14. The third-order valence-corrected chi connectivity index (χ3v) is 2.53. The lowest BCUT2D eigenvalue weighted by Gasteiger charge is -1.97. The van der Waals surface area contributed by atoms with Crippen molar-refractivity contribution < 1.29 is 9.52 Å². The molecule has 0 amide bonds. The second kappa shape index (κ2) is 4.32. The van der Waals surface area contributed by atoms with Crippen LogP contribution in [0.1, 0.15) is 18.9 Å². The standard InChI is InChI=1S/C13H14O2/c1-2-10(8-14)7-11-9-15-13-6-4-3-5-12(11)13/h3-7,9,14H,2,8H2,1H3/b10-7-. The lowest BCUT2D eigenvalue weighted by atomic mass is 10.1. The van der Waals surface area contributed by atoms with Crippen LogP contribution < -0.4 is 0 Å². The molecule has 0 saturated heterocycles. The summed E-state index contributed by atoms with van der Waals surface area (Å²) in [5, 5.41) is 10.2. The van der Waals surface area contributed by atoms with Crippen LogP contribution in [0.25, 0.3) is 17.0 Å². The maximum Gasteiger partial charge on any atom is 0.134 e. The summed E-state index contributed by atoms with van der Waals surface area (Å²) in [5.74, 6) is 0. The van der Waals surface area contributed by atoms with Crippen molar-refractivity contribution in [3.8, 4) is 0 Å². The predicted molar refractivity (Wildman–Crippen MR) is 61.6 cm³/mol. The van der Waals surface area contributed by atoms with E-state index in [0.29, 0.717) is 0 Å². The molecule has 0 bridgehead atoms. The average Bonchev–Trinajstić information content (AvgIpc) is 2.69. The van der Waals surface area contributed by atoms with Gasteiger partial charge in [0.2, 0.25) is 0 Å². The number of hydrogen-bond acceptors (Lipinski definition) is 2. The minimum Gasteiger partial charge on any atom is -0.464 e. The van der Waals surface area contributed by atoms with Crippen molar-refractivity contribution in [1.82, 2.24) is 0 Å². The molecule has 1 aromatic carbocycles. The van der Waals surface area contributed by atoms with Crippen LogP contribution >= 0.6 is 0 Å². The maximum absolute atomic E-state index is 9.10. The highest BCUT2D eigenvalue weighted by atomic mass is 16.3. The fourth-order valence-electron chi connectivity index (χ4n) is 1.59. The molecule has 2 heteroatoms. The first-order chi connectivity index (χ1) is 7.35. The van der Waals surface area contributed by atoms with Gasteiger partial charge < -0.3 is 9.52 Å². The van der Waals surface area contributed by atoms with E-state index >= 15 is 0 Å². The van der Waals surface area contributed by atoms with E-state index in [0.717, 1.165) is 28.5 Å². The lowest BCUT2D eigenvalue weighted by molar-refractivity contribution is 0.329. The van der Waals surface area contributed by atoms with Gasteiger partial charge in [0.25, 0.3) is 0 Å². The van der Waals surface area contributed by atoms with Crippen LogP contribution in [0.15, 0.2) is 40.5 Å². The lowest BCUT2D eigenvalue weighted by Crippen LogP contribution is -1.87. The van der Waals surface area contributed by atoms with E-state index in [4.69, 9.17) is 9.52 Å². The van der Waals surface area contributed by atoms with Crippen LogP contribution in [-0.2, 0) is 0 Å².